The van der Waals surface area contributed by atoms with E-state index in [0.717, 1.165) is 84.3 Å². The molecule has 81 heavy (non-hydrogen) atoms. The molecule has 0 atom stereocenters. The van der Waals surface area contributed by atoms with E-state index in [4.69, 9.17) is 9.97 Å². The van der Waals surface area contributed by atoms with Gasteiger partial charge in [0, 0.05) is 38.4 Å². The van der Waals surface area contributed by atoms with Gasteiger partial charge >= 0.3 is 0 Å². The zero-order valence-electron chi connectivity index (χ0n) is 44.3. The van der Waals surface area contributed by atoms with E-state index in [1.807, 2.05) is 0 Å². The lowest BCUT2D eigenvalue weighted by Gasteiger charge is -2.17. The minimum Gasteiger partial charge on any atom is -0.309 e. The molecular formula is C77H50N4. The molecule has 0 bridgehead atoms. The molecule has 0 fully saturated rings. The average Bonchev–Trinajstić information content (AvgIpc) is 4.12. The standard InChI is InChI=1S/C77H50N4/c1-49-18-4-2-7-21-52-22-8-9-23-59(52)67-46-55(34-40-58(49)67)71-48-72(56-35-41-64-62-26-11-10-24-60(62)61-25-12-13-27-63(61)68(64)47-56)79-77(78-71)81-74-31-17-15-29-66(74)70-45-54(37-43-76(70)81)53-36-42-75-69(44-53)65-28-14-16-30-73(65)80(75)57-38-32-51(33-39-57)50-19-5-3-6-20-50/h2-20,22-48H,1,21H2/b7-2-,18-4-. The molecule has 12 aromatic carbocycles. The summed E-state index contributed by atoms with van der Waals surface area (Å²) in [7, 11) is 0. The van der Waals surface area contributed by atoms with Crippen LogP contribution in [0.25, 0.3) is 149 Å². The Bertz CT molecular complexity index is 5110. The van der Waals surface area contributed by atoms with Crippen LogP contribution in [0.3, 0.4) is 0 Å². The molecule has 0 N–H and O–H groups in total. The first-order valence-electron chi connectivity index (χ1n) is 27.8. The van der Waals surface area contributed by atoms with Crippen LogP contribution in [0.4, 0.5) is 0 Å². The molecule has 1 aliphatic rings. The zero-order chi connectivity index (χ0) is 53.5. The molecule has 378 valence electrons. The van der Waals surface area contributed by atoms with Crippen LogP contribution in [0.1, 0.15) is 11.1 Å². The van der Waals surface area contributed by atoms with Crippen LogP contribution >= 0.6 is 0 Å². The monoisotopic (exact) mass is 1030 g/mol. The van der Waals surface area contributed by atoms with Crippen molar-refractivity contribution < 1.29 is 0 Å². The van der Waals surface area contributed by atoms with E-state index in [9.17, 15) is 0 Å². The zero-order valence-corrected chi connectivity index (χ0v) is 44.3. The number of fused-ring (bicyclic) bond motifs is 15. The summed E-state index contributed by atoms with van der Waals surface area (Å²) in [6, 6.07) is 92.8. The van der Waals surface area contributed by atoms with Gasteiger partial charge in [-0.2, -0.15) is 0 Å². The Kier molecular flexibility index (Phi) is 10.8. The molecule has 0 aliphatic heterocycles. The molecule has 15 aromatic rings. The van der Waals surface area contributed by atoms with Gasteiger partial charge in [-0.15, -0.1) is 0 Å². The SMILES string of the molecule is C=C1/C=C\C=C/Cc2ccccc2-c2cc(-c3cc(-c4ccc5c6ccccc6c6ccccc6c5c4)nc(-n4c5ccccc5c5cc(-c6ccc7c(c6)c6ccccc6n7-c6ccc(-c7ccccc7)cc6)ccc54)n3)ccc21. The van der Waals surface area contributed by atoms with Gasteiger partial charge in [0.2, 0.25) is 5.95 Å². The van der Waals surface area contributed by atoms with E-state index in [1.165, 1.54) is 76.4 Å². The number of para-hydroxylation sites is 2. The van der Waals surface area contributed by atoms with Crippen molar-refractivity contribution >= 4 is 81.5 Å². The topological polar surface area (TPSA) is 35.6 Å². The predicted molar refractivity (Wildman–Crippen MR) is 341 cm³/mol. The molecule has 0 unspecified atom stereocenters. The summed E-state index contributed by atoms with van der Waals surface area (Å²) in [6.45, 7) is 4.55. The van der Waals surface area contributed by atoms with Crippen LogP contribution in [-0.2, 0) is 6.42 Å². The number of benzene rings is 12. The molecule has 4 nitrogen and oxygen atoms in total. The largest absolute Gasteiger partial charge is 0.309 e. The molecule has 0 saturated heterocycles. The summed E-state index contributed by atoms with van der Waals surface area (Å²) in [5, 5.41) is 12.1. The molecule has 3 heterocycles. The molecule has 0 spiro atoms. The van der Waals surface area contributed by atoms with Gasteiger partial charge in [-0.1, -0.05) is 219 Å². The predicted octanol–water partition coefficient (Wildman–Crippen LogP) is 20.1. The maximum Gasteiger partial charge on any atom is 0.235 e. The van der Waals surface area contributed by atoms with Crippen LogP contribution in [0.15, 0.2) is 286 Å². The van der Waals surface area contributed by atoms with Gasteiger partial charge in [0.1, 0.15) is 0 Å². The fourth-order valence-corrected chi connectivity index (χ4v) is 12.8. The fourth-order valence-electron chi connectivity index (χ4n) is 12.8. The highest BCUT2D eigenvalue weighted by Gasteiger charge is 2.21. The van der Waals surface area contributed by atoms with E-state index >= 15 is 0 Å². The van der Waals surface area contributed by atoms with Gasteiger partial charge in [-0.25, -0.2) is 9.97 Å². The van der Waals surface area contributed by atoms with Crippen molar-refractivity contribution in [2.75, 3.05) is 0 Å². The maximum atomic E-state index is 5.62. The minimum absolute atomic E-state index is 0.605. The highest BCUT2D eigenvalue weighted by atomic mass is 15.2. The Morgan fingerprint density at radius 2 is 0.790 bits per heavy atom. The van der Waals surface area contributed by atoms with Crippen molar-refractivity contribution in [3.05, 3.63) is 297 Å². The van der Waals surface area contributed by atoms with Crippen molar-refractivity contribution in [3.8, 4) is 67.5 Å². The van der Waals surface area contributed by atoms with Crippen LogP contribution in [0, 0.1) is 0 Å². The minimum atomic E-state index is 0.605. The van der Waals surface area contributed by atoms with Crippen molar-refractivity contribution in [1.82, 2.24) is 19.1 Å². The number of rotatable bonds is 6. The highest BCUT2D eigenvalue weighted by molar-refractivity contribution is 6.26. The van der Waals surface area contributed by atoms with Crippen LogP contribution in [-0.4, -0.2) is 19.1 Å². The number of hydrogen-bond donors (Lipinski definition) is 0. The molecular weight excluding hydrogens is 981 g/mol. The van der Waals surface area contributed by atoms with Crippen molar-refractivity contribution in [2.45, 2.75) is 6.42 Å². The van der Waals surface area contributed by atoms with Crippen molar-refractivity contribution in [3.63, 3.8) is 0 Å². The first kappa shape index (κ1) is 46.4. The first-order valence-corrected chi connectivity index (χ1v) is 27.8. The first-order chi connectivity index (χ1) is 40.1. The molecule has 16 rings (SSSR count). The third-order valence-electron chi connectivity index (χ3n) is 16.7. The molecule has 3 aromatic heterocycles. The maximum absolute atomic E-state index is 5.62. The fraction of sp³-hybridized carbons (Fsp3) is 0.0130. The second-order valence-electron chi connectivity index (χ2n) is 21.3. The third kappa shape index (κ3) is 7.67. The van der Waals surface area contributed by atoms with Gasteiger partial charge in [-0.3, -0.25) is 4.57 Å². The second kappa shape index (κ2) is 18.8. The Labute approximate surface area is 468 Å². The molecule has 0 amide bonds. The van der Waals surface area contributed by atoms with Gasteiger partial charge in [0.25, 0.3) is 0 Å². The molecule has 0 radical (unpaired) electrons. The van der Waals surface area contributed by atoms with Gasteiger partial charge in [0.05, 0.1) is 33.5 Å². The molecule has 0 saturated carbocycles. The van der Waals surface area contributed by atoms with Crippen molar-refractivity contribution in [2.24, 2.45) is 0 Å². The van der Waals surface area contributed by atoms with E-state index in [1.54, 1.807) is 0 Å². The van der Waals surface area contributed by atoms with Crippen LogP contribution in [0.5, 0.6) is 0 Å². The summed E-state index contributed by atoms with van der Waals surface area (Å²) in [6.07, 6.45) is 9.35. The quantitative estimate of drug-likeness (QED) is 0.156. The third-order valence-corrected chi connectivity index (χ3v) is 16.7. The summed E-state index contributed by atoms with van der Waals surface area (Å²) in [5.41, 5.74) is 19.6. The summed E-state index contributed by atoms with van der Waals surface area (Å²) in [5.74, 6) is 0.605. The molecule has 4 heteroatoms. The molecule has 1 aliphatic carbocycles. The lowest BCUT2D eigenvalue weighted by atomic mass is 9.88. The van der Waals surface area contributed by atoms with E-state index in [0.29, 0.717) is 5.95 Å². The summed E-state index contributed by atoms with van der Waals surface area (Å²) < 4.78 is 4.66. The lowest BCUT2D eigenvalue weighted by Crippen LogP contribution is -2.04. The Morgan fingerprint density at radius 1 is 0.309 bits per heavy atom. The lowest BCUT2D eigenvalue weighted by molar-refractivity contribution is 0.996. The Balaban J connectivity index is 0.877. The van der Waals surface area contributed by atoms with Gasteiger partial charge < -0.3 is 4.57 Å². The van der Waals surface area contributed by atoms with Crippen LogP contribution in [0.2, 0.25) is 0 Å². The number of allylic oxidation sites excluding steroid dienone is 5. The second-order valence-corrected chi connectivity index (χ2v) is 21.3. The van der Waals surface area contributed by atoms with Crippen molar-refractivity contribution in [1.29, 1.82) is 0 Å². The Morgan fingerprint density at radius 3 is 1.47 bits per heavy atom. The average molecular weight is 1030 g/mol. The number of aromatic nitrogens is 4. The van der Waals surface area contributed by atoms with E-state index in [-0.39, 0.29) is 0 Å². The normalized spacial score (nSPS) is 13.4. The van der Waals surface area contributed by atoms with Gasteiger partial charge in [0.15, 0.2) is 0 Å². The van der Waals surface area contributed by atoms with Gasteiger partial charge in [-0.05, 0) is 156 Å². The summed E-state index contributed by atoms with van der Waals surface area (Å²) >= 11 is 0. The van der Waals surface area contributed by atoms with E-state index in [2.05, 4.69) is 295 Å². The van der Waals surface area contributed by atoms with E-state index < -0.39 is 0 Å². The Hall–Kier alpha value is -10.7. The highest BCUT2D eigenvalue weighted by Crippen LogP contribution is 2.42. The number of hydrogen-bond acceptors (Lipinski definition) is 2. The number of nitrogens with zero attached hydrogens (tertiary/aromatic N) is 4. The summed E-state index contributed by atoms with van der Waals surface area (Å²) in [4.78, 5) is 11.2. The van der Waals surface area contributed by atoms with Crippen LogP contribution < -0.4 is 0 Å². The smallest absolute Gasteiger partial charge is 0.235 e.